The van der Waals surface area contributed by atoms with Gasteiger partial charge < -0.3 is 24.1 Å². The standard InChI is InChI=1S/C20H31N3O3/c1-16(2)14-22-19(21-9-8-18-7-5-11-24-18)23-10-4-6-17(15-23)20(3)25-12-13-26-20/h5,7,11,17H,1,4,6,8-10,12-15H2,2-3H3,(H,21,22). The molecule has 0 bridgehead atoms. The van der Waals surface area contributed by atoms with Crippen molar-refractivity contribution in [2.24, 2.45) is 10.9 Å². The molecule has 1 aromatic heterocycles. The van der Waals surface area contributed by atoms with E-state index in [9.17, 15) is 0 Å². The molecule has 1 aromatic rings. The van der Waals surface area contributed by atoms with E-state index >= 15 is 0 Å². The van der Waals surface area contributed by atoms with Gasteiger partial charge in [0.05, 0.1) is 26.0 Å². The maximum atomic E-state index is 5.90. The number of ether oxygens (including phenoxy) is 2. The number of rotatable bonds is 6. The van der Waals surface area contributed by atoms with Crippen molar-refractivity contribution in [2.75, 3.05) is 39.4 Å². The van der Waals surface area contributed by atoms with Gasteiger partial charge in [0.25, 0.3) is 0 Å². The molecule has 2 aliphatic heterocycles. The third-order valence-corrected chi connectivity index (χ3v) is 5.06. The number of likely N-dealkylation sites (tertiary alicyclic amines) is 1. The van der Waals surface area contributed by atoms with Gasteiger partial charge >= 0.3 is 0 Å². The summed E-state index contributed by atoms with van der Waals surface area (Å²) in [6.07, 6.45) is 4.77. The molecule has 0 amide bonds. The molecule has 1 N–H and O–H groups in total. The molecule has 6 nitrogen and oxygen atoms in total. The monoisotopic (exact) mass is 361 g/mol. The van der Waals surface area contributed by atoms with E-state index in [0.717, 1.165) is 56.2 Å². The maximum Gasteiger partial charge on any atom is 0.194 e. The first-order chi connectivity index (χ1) is 12.6. The number of guanidine groups is 1. The molecular weight excluding hydrogens is 330 g/mol. The lowest BCUT2D eigenvalue weighted by molar-refractivity contribution is -0.189. The van der Waals surface area contributed by atoms with Crippen molar-refractivity contribution >= 4 is 5.96 Å². The van der Waals surface area contributed by atoms with E-state index in [2.05, 4.69) is 23.7 Å². The van der Waals surface area contributed by atoms with Gasteiger partial charge in [0.2, 0.25) is 0 Å². The lowest BCUT2D eigenvalue weighted by atomic mass is 9.90. The molecule has 2 fully saturated rings. The predicted octanol–water partition coefficient (Wildman–Crippen LogP) is 2.82. The summed E-state index contributed by atoms with van der Waals surface area (Å²) in [7, 11) is 0. The van der Waals surface area contributed by atoms with Gasteiger partial charge in [0, 0.05) is 32.0 Å². The van der Waals surface area contributed by atoms with Crippen LogP contribution in [-0.4, -0.2) is 56.0 Å². The van der Waals surface area contributed by atoms with Crippen LogP contribution in [0.2, 0.25) is 0 Å². The van der Waals surface area contributed by atoms with E-state index < -0.39 is 5.79 Å². The normalized spacial score (nSPS) is 23.2. The Morgan fingerprint density at radius 1 is 1.42 bits per heavy atom. The third-order valence-electron chi connectivity index (χ3n) is 5.06. The van der Waals surface area contributed by atoms with Crippen LogP contribution in [0, 0.1) is 5.92 Å². The van der Waals surface area contributed by atoms with Crippen molar-refractivity contribution in [3.05, 3.63) is 36.3 Å². The molecule has 1 atom stereocenters. The van der Waals surface area contributed by atoms with E-state index in [0.29, 0.717) is 25.7 Å². The van der Waals surface area contributed by atoms with Crippen molar-refractivity contribution < 1.29 is 13.9 Å². The van der Waals surface area contributed by atoms with Gasteiger partial charge in [-0.2, -0.15) is 0 Å². The third kappa shape index (κ3) is 4.89. The zero-order valence-corrected chi connectivity index (χ0v) is 16.0. The number of nitrogens with zero attached hydrogens (tertiary/aromatic N) is 2. The van der Waals surface area contributed by atoms with Crippen LogP contribution in [0.4, 0.5) is 0 Å². The molecule has 0 saturated carbocycles. The summed E-state index contributed by atoms with van der Waals surface area (Å²) < 4.78 is 17.2. The molecule has 0 spiro atoms. The first kappa shape index (κ1) is 19.0. The Kier molecular flexibility index (Phi) is 6.38. The molecular formula is C20H31N3O3. The first-order valence-electron chi connectivity index (χ1n) is 9.55. The van der Waals surface area contributed by atoms with Crippen LogP contribution < -0.4 is 5.32 Å². The highest BCUT2D eigenvalue weighted by molar-refractivity contribution is 5.80. The summed E-state index contributed by atoms with van der Waals surface area (Å²) >= 11 is 0. The summed E-state index contributed by atoms with van der Waals surface area (Å²) in [4.78, 5) is 7.10. The molecule has 1 unspecified atom stereocenters. The highest BCUT2D eigenvalue weighted by Gasteiger charge is 2.42. The predicted molar refractivity (Wildman–Crippen MR) is 102 cm³/mol. The van der Waals surface area contributed by atoms with Crippen LogP contribution >= 0.6 is 0 Å². The fraction of sp³-hybridized carbons (Fsp3) is 0.650. The smallest absolute Gasteiger partial charge is 0.194 e. The van der Waals surface area contributed by atoms with E-state index in [1.165, 1.54) is 0 Å². The zero-order valence-electron chi connectivity index (χ0n) is 16.0. The average molecular weight is 361 g/mol. The Morgan fingerprint density at radius 2 is 2.23 bits per heavy atom. The van der Waals surface area contributed by atoms with Crippen molar-refractivity contribution in [3.8, 4) is 0 Å². The number of aliphatic imine (C=N–C) groups is 1. The van der Waals surface area contributed by atoms with Crippen molar-refractivity contribution in [1.29, 1.82) is 0 Å². The van der Waals surface area contributed by atoms with E-state index in [1.54, 1.807) is 6.26 Å². The zero-order chi connectivity index (χ0) is 18.4. The summed E-state index contributed by atoms with van der Waals surface area (Å²) in [6.45, 7) is 12.7. The largest absolute Gasteiger partial charge is 0.469 e. The van der Waals surface area contributed by atoms with Crippen LogP contribution in [0.15, 0.2) is 40.0 Å². The summed E-state index contributed by atoms with van der Waals surface area (Å²) in [6, 6.07) is 3.92. The number of furan rings is 1. The van der Waals surface area contributed by atoms with Crippen LogP contribution in [0.25, 0.3) is 0 Å². The molecule has 6 heteroatoms. The molecule has 26 heavy (non-hydrogen) atoms. The minimum Gasteiger partial charge on any atom is -0.469 e. The van der Waals surface area contributed by atoms with E-state index in [-0.39, 0.29) is 0 Å². The van der Waals surface area contributed by atoms with Crippen LogP contribution in [0.3, 0.4) is 0 Å². The second-order valence-corrected chi connectivity index (χ2v) is 7.35. The summed E-state index contributed by atoms with van der Waals surface area (Å²) in [5.74, 6) is 1.80. The average Bonchev–Trinajstić information content (AvgIpc) is 3.30. The van der Waals surface area contributed by atoms with E-state index in [4.69, 9.17) is 18.9 Å². The Hall–Kier alpha value is -1.79. The molecule has 0 aliphatic carbocycles. The van der Waals surface area contributed by atoms with Gasteiger partial charge in [-0.05, 0) is 38.8 Å². The molecule has 3 rings (SSSR count). The Morgan fingerprint density at radius 3 is 2.92 bits per heavy atom. The molecule has 144 valence electrons. The minimum absolute atomic E-state index is 0.348. The quantitative estimate of drug-likeness (QED) is 0.480. The second-order valence-electron chi connectivity index (χ2n) is 7.35. The highest BCUT2D eigenvalue weighted by Crippen LogP contribution is 2.34. The SMILES string of the molecule is C=C(C)CN=C(NCCc1ccco1)N1CCCC(C2(C)OCCO2)C1. The summed E-state index contributed by atoms with van der Waals surface area (Å²) in [5.41, 5.74) is 1.05. The van der Waals surface area contributed by atoms with Crippen molar-refractivity contribution in [1.82, 2.24) is 10.2 Å². The van der Waals surface area contributed by atoms with Gasteiger partial charge in [0.15, 0.2) is 11.7 Å². The van der Waals surface area contributed by atoms with Gasteiger partial charge in [-0.15, -0.1) is 0 Å². The fourth-order valence-corrected chi connectivity index (χ4v) is 3.59. The Bertz CT molecular complexity index is 606. The summed E-state index contributed by atoms with van der Waals surface area (Å²) in [5, 5.41) is 3.50. The highest BCUT2D eigenvalue weighted by atomic mass is 16.7. The van der Waals surface area contributed by atoms with Crippen LogP contribution in [0.1, 0.15) is 32.4 Å². The fourth-order valence-electron chi connectivity index (χ4n) is 3.59. The van der Waals surface area contributed by atoms with Gasteiger partial charge in [-0.3, -0.25) is 0 Å². The van der Waals surface area contributed by atoms with Crippen LogP contribution in [-0.2, 0) is 15.9 Å². The van der Waals surface area contributed by atoms with Gasteiger partial charge in [-0.25, -0.2) is 4.99 Å². The van der Waals surface area contributed by atoms with Crippen molar-refractivity contribution in [3.63, 3.8) is 0 Å². The number of hydrogen-bond acceptors (Lipinski definition) is 4. The molecule has 0 radical (unpaired) electrons. The molecule has 0 aromatic carbocycles. The number of hydrogen-bond donors (Lipinski definition) is 1. The lowest BCUT2D eigenvalue weighted by Gasteiger charge is -2.41. The van der Waals surface area contributed by atoms with Crippen molar-refractivity contribution in [2.45, 2.75) is 38.9 Å². The molecule has 2 saturated heterocycles. The minimum atomic E-state index is -0.466. The van der Waals surface area contributed by atoms with Crippen LogP contribution in [0.5, 0.6) is 0 Å². The molecule has 3 heterocycles. The molecule has 2 aliphatic rings. The number of nitrogens with one attached hydrogen (secondary N) is 1. The lowest BCUT2D eigenvalue weighted by Crippen LogP contribution is -2.52. The topological polar surface area (TPSA) is 59.2 Å². The van der Waals surface area contributed by atoms with Gasteiger partial charge in [0.1, 0.15) is 5.76 Å². The maximum absolute atomic E-state index is 5.90. The van der Waals surface area contributed by atoms with E-state index in [1.807, 2.05) is 19.1 Å². The number of piperidine rings is 1. The Balaban J connectivity index is 1.62. The Labute approximate surface area is 156 Å². The van der Waals surface area contributed by atoms with Gasteiger partial charge in [-0.1, -0.05) is 12.2 Å². The first-order valence-corrected chi connectivity index (χ1v) is 9.55. The second kappa shape index (κ2) is 8.73.